The zero-order chi connectivity index (χ0) is 16.5. The Bertz CT molecular complexity index is 891. The summed E-state index contributed by atoms with van der Waals surface area (Å²) in [6.07, 6.45) is 0.814. The summed E-state index contributed by atoms with van der Waals surface area (Å²) < 4.78 is 0.843. The van der Waals surface area contributed by atoms with Crippen molar-refractivity contribution in [3.05, 3.63) is 75.2 Å². The van der Waals surface area contributed by atoms with Crippen LogP contribution in [-0.2, 0) is 13.0 Å². The molecule has 4 rings (SSSR count). The predicted octanol–water partition coefficient (Wildman–Crippen LogP) is 4.77. The second-order valence-corrected chi connectivity index (χ2v) is 7.65. The quantitative estimate of drug-likeness (QED) is 0.622. The minimum Gasteiger partial charge on any atom is -0.333 e. The molecule has 0 atom stereocenters. The van der Waals surface area contributed by atoms with Crippen molar-refractivity contribution in [2.45, 2.75) is 13.0 Å². The van der Waals surface area contributed by atoms with Crippen molar-refractivity contribution in [3.63, 3.8) is 0 Å². The molecule has 0 spiro atoms. The Morgan fingerprint density at radius 1 is 1.08 bits per heavy atom. The van der Waals surface area contributed by atoms with E-state index in [0.29, 0.717) is 18.7 Å². The fraction of sp³-hybridized carbons (Fsp3) is 0.158. The van der Waals surface area contributed by atoms with Crippen molar-refractivity contribution in [2.24, 2.45) is 0 Å². The van der Waals surface area contributed by atoms with E-state index >= 15 is 0 Å². The van der Waals surface area contributed by atoms with Crippen molar-refractivity contribution < 1.29 is 4.79 Å². The molecule has 120 valence electrons. The van der Waals surface area contributed by atoms with Gasteiger partial charge in [-0.3, -0.25) is 4.79 Å². The van der Waals surface area contributed by atoms with Gasteiger partial charge in [-0.15, -0.1) is 11.3 Å². The Morgan fingerprint density at radius 2 is 1.83 bits per heavy atom. The van der Waals surface area contributed by atoms with E-state index in [1.54, 1.807) is 11.3 Å². The van der Waals surface area contributed by atoms with Gasteiger partial charge in [-0.2, -0.15) is 0 Å². The highest BCUT2D eigenvalue weighted by atomic mass is 79.9. The van der Waals surface area contributed by atoms with Gasteiger partial charge in [0.1, 0.15) is 5.01 Å². The van der Waals surface area contributed by atoms with Gasteiger partial charge in [0.2, 0.25) is 0 Å². The van der Waals surface area contributed by atoms with Gasteiger partial charge in [-0.1, -0.05) is 42.5 Å². The third kappa shape index (κ3) is 2.89. The van der Waals surface area contributed by atoms with Gasteiger partial charge in [0, 0.05) is 27.9 Å². The number of aromatic nitrogens is 1. The predicted molar refractivity (Wildman–Crippen MR) is 100 cm³/mol. The first-order chi connectivity index (χ1) is 11.7. The van der Waals surface area contributed by atoms with Crippen LogP contribution in [0, 0.1) is 0 Å². The van der Waals surface area contributed by atoms with Crippen LogP contribution in [0.3, 0.4) is 0 Å². The van der Waals surface area contributed by atoms with Crippen LogP contribution in [0.2, 0.25) is 0 Å². The molecule has 0 unspecified atom stereocenters. The van der Waals surface area contributed by atoms with E-state index in [4.69, 9.17) is 4.98 Å². The van der Waals surface area contributed by atoms with E-state index in [9.17, 15) is 4.79 Å². The molecule has 0 bridgehead atoms. The molecule has 1 amide bonds. The third-order valence-electron chi connectivity index (χ3n) is 4.14. The number of rotatable bonds is 2. The lowest BCUT2D eigenvalue weighted by molar-refractivity contribution is 0.0735. The number of halogens is 1. The molecule has 0 radical (unpaired) electrons. The Balaban J connectivity index is 1.59. The zero-order valence-electron chi connectivity index (χ0n) is 12.9. The molecule has 0 saturated heterocycles. The molecule has 0 N–H and O–H groups in total. The highest BCUT2D eigenvalue weighted by Gasteiger charge is 2.26. The number of fused-ring (bicyclic) bond motifs is 1. The average molecular weight is 399 g/mol. The lowest BCUT2D eigenvalue weighted by atomic mass is 10.1. The van der Waals surface area contributed by atoms with Gasteiger partial charge in [-0.25, -0.2) is 4.98 Å². The van der Waals surface area contributed by atoms with Crippen molar-refractivity contribution in [2.75, 3.05) is 6.54 Å². The lowest BCUT2D eigenvalue weighted by Crippen LogP contribution is -2.35. The van der Waals surface area contributed by atoms with Crippen LogP contribution in [-0.4, -0.2) is 22.3 Å². The zero-order valence-corrected chi connectivity index (χ0v) is 15.3. The average Bonchev–Trinajstić information content (AvgIpc) is 3.05. The first kappa shape index (κ1) is 15.5. The molecule has 1 aromatic heterocycles. The molecule has 1 aliphatic heterocycles. The molecule has 3 nitrogen and oxygen atoms in total. The fourth-order valence-corrected chi connectivity index (χ4v) is 4.46. The van der Waals surface area contributed by atoms with Crippen LogP contribution in [0.1, 0.15) is 20.9 Å². The molecule has 0 aliphatic carbocycles. The lowest BCUT2D eigenvalue weighted by Gasteiger charge is -2.26. The number of hydrogen-bond acceptors (Lipinski definition) is 3. The number of amides is 1. The molecule has 0 fully saturated rings. The summed E-state index contributed by atoms with van der Waals surface area (Å²) in [5.74, 6) is 0.0720. The van der Waals surface area contributed by atoms with Gasteiger partial charge in [0.15, 0.2) is 0 Å². The maximum Gasteiger partial charge on any atom is 0.255 e. The summed E-state index contributed by atoms with van der Waals surface area (Å²) in [4.78, 5) is 20.7. The first-order valence-electron chi connectivity index (χ1n) is 7.80. The molecule has 1 aliphatic rings. The Kier molecular flexibility index (Phi) is 4.21. The van der Waals surface area contributed by atoms with Gasteiger partial charge in [0.05, 0.1) is 17.8 Å². The normalized spacial score (nSPS) is 13.6. The van der Waals surface area contributed by atoms with E-state index in [2.05, 4.69) is 28.1 Å². The van der Waals surface area contributed by atoms with Crippen LogP contribution in [0.15, 0.2) is 59.1 Å². The number of carbonyl (C=O) groups is 1. The largest absolute Gasteiger partial charge is 0.333 e. The van der Waals surface area contributed by atoms with E-state index in [1.165, 1.54) is 4.88 Å². The highest BCUT2D eigenvalue weighted by molar-refractivity contribution is 9.10. The summed E-state index contributed by atoms with van der Waals surface area (Å²) in [5.41, 5.74) is 2.99. The number of benzene rings is 2. The molecule has 2 aromatic carbocycles. The monoisotopic (exact) mass is 398 g/mol. The second kappa shape index (κ2) is 6.49. The topological polar surface area (TPSA) is 33.2 Å². The summed E-state index contributed by atoms with van der Waals surface area (Å²) in [5, 5.41) is 1.04. The Labute approximate surface area is 153 Å². The Hall–Kier alpha value is -1.98. The van der Waals surface area contributed by atoms with Gasteiger partial charge < -0.3 is 4.90 Å². The maximum absolute atomic E-state index is 12.8. The van der Waals surface area contributed by atoms with Crippen molar-refractivity contribution in [3.8, 4) is 10.6 Å². The minimum atomic E-state index is 0.0720. The summed E-state index contributed by atoms with van der Waals surface area (Å²) in [7, 11) is 0. The number of carbonyl (C=O) groups excluding carboxylic acids is 1. The highest BCUT2D eigenvalue weighted by Crippen LogP contribution is 2.32. The summed E-state index contributed by atoms with van der Waals surface area (Å²) >= 11 is 5.16. The van der Waals surface area contributed by atoms with Crippen LogP contribution in [0.25, 0.3) is 10.6 Å². The maximum atomic E-state index is 12.8. The Morgan fingerprint density at radius 3 is 2.62 bits per heavy atom. The molecule has 24 heavy (non-hydrogen) atoms. The molecule has 2 heterocycles. The summed E-state index contributed by atoms with van der Waals surface area (Å²) in [6, 6.07) is 17.8. The number of thiazole rings is 1. The SMILES string of the molecule is O=C(c1ccccc1Br)N1CCc2nc(-c3ccccc3)sc2C1. The van der Waals surface area contributed by atoms with Crippen LogP contribution in [0.5, 0.6) is 0 Å². The number of hydrogen-bond donors (Lipinski definition) is 0. The standard InChI is InChI=1S/C19H15BrN2OS/c20-15-9-5-4-8-14(15)19(23)22-11-10-16-17(12-22)24-18(21-16)13-6-2-1-3-7-13/h1-9H,10-12H2. The van der Waals surface area contributed by atoms with Gasteiger partial charge >= 0.3 is 0 Å². The third-order valence-corrected chi connectivity index (χ3v) is 5.97. The fourth-order valence-electron chi connectivity index (χ4n) is 2.88. The molecule has 3 aromatic rings. The minimum absolute atomic E-state index is 0.0720. The van der Waals surface area contributed by atoms with E-state index in [-0.39, 0.29) is 5.91 Å². The molecule has 5 heteroatoms. The smallest absolute Gasteiger partial charge is 0.255 e. The molecular formula is C19H15BrN2OS. The van der Waals surface area contributed by atoms with Gasteiger partial charge in [-0.05, 0) is 28.1 Å². The van der Waals surface area contributed by atoms with Gasteiger partial charge in [0.25, 0.3) is 5.91 Å². The molecule has 0 saturated carbocycles. The first-order valence-corrected chi connectivity index (χ1v) is 9.41. The molecular weight excluding hydrogens is 384 g/mol. The van der Waals surface area contributed by atoms with Crippen molar-refractivity contribution >= 4 is 33.2 Å². The van der Waals surface area contributed by atoms with E-state index in [1.807, 2.05) is 47.4 Å². The van der Waals surface area contributed by atoms with Crippen LogP contribution < -0.4 is 0 Å². The van der Waals surface area contributed by atoms with E-state index in [0.717, 1.165) is 27.2 Å². The van der Waals surface area contributed by atoms with Crippen LogP contribution in [0.4, 0.5) is 0 Å². The van der Waals surface area contributed by atoms with E-state index < -0.39 is 0 Å². The van der Waals surface area contributed by atoms with Crippen LogP contribution >= 0.6 is 27.3 Å². The van der Waals surface area contributed by atoms with Crippen molar-refractivity contribution in [1.82, 2.24) is 9.88 Å². The number of nitrogens with zero attached hydrogens (tertiary/aromatic N) is 2. The summed E-state index contributed by atoms with van der Waals surface area (Å²) in [6.45, 7) is 1.35. The van der Waals surface area contributed by atoms with Crippen molar-refractivity contribution in [1.29, 1.82) is 0 Å². The second-order valence-electron chi connectivity index (χ2n) is 5.71.